The van der Waals surface area contributed by atoms with E-state index in [-0.39, 0.29) is 0 Å². The summed E-state index contributed by atoms with van der Waals surface area (Å²) >= 11 is 0. The van der Waals surface area contributed by atoms with Crippen LogP contribution in [0, 0.1) is 11.8 Å². The molecular weight excluding hydrogens is 248 g/mol. The fourth-order valence-electron chi connectivity index (χ4n) is 3.28. The maximum absolute atomic E-state index is 12.5. The van der Waals surface area contributed by atoms with Gasteiger partial charge in [0.2, 0.25) is 5.91 Å². The predicted octanol–water partition coefficient (Wildman–Crippen LogP) is 3.39. The lowest BCUT2D eigenvalue weighted by Crippen LogP contribution is -2.43. The van der Waals surface area contributed by atoms with Crippen molar-refractivity contribution in [3.63, 3.8) is 0 Å². The third kappa shape index (κ3) is 6.25. The van der Waals surface area contributed by atoms with Crippen molar-refractivity contribution in [2.75, 3.05) is 33.7 Å². The van der Waals surface area contributed by atoms with Gasteiger partial charge >= 0.3 is 0 Å². The van der Waals surface area contributed by atoms with Crippen molar-refractivity contribution in [2.45, 2.75) is 58.8 Å². The molecule has 0 aromatic heterocycles. The number of nitrogens with zero attached hydrogens (tertiary/aromatic N) is 2. The SMILES string of the molecule is CCCCC(CC)CC(=O)N1CCCC(CN(C)C)C1. The molecule has 0 spiro atoms. The molecule has 1 amide bonds. The number of hydrogen-bond donors (Lipinski definition) is 0. The van der Waals surface area contributed by atoms with Crippen molar-refractivity contribution in [3.8, 4) is 0 Å². The Kier molecular flexibility index (Phi) is 8.20. The molecule has 1 aliphatic rings. The summed E-state index contributed by atoms with van der Waals surface area (Å²) in [5, 5.41) is 0. The summed E-state index contributed by atoms with van der Waals surface area (Å²) in [6.45, 7) is 7.51. The molecule has 0 aromatic rings. The van der Waals surface area contributed by atoms with Gasteiger partial charge in [0.1, 0.15) is 0 Å². The summed E-state index contributed by atoms with van der Waals surface area (Å²) in [5.41, 5.74) is 0. The van der Waals surface area contributed by atoms with Gasteiger partial charge in [0.15, 0.2) is 0 Å². The zero-order valence-electron chi connectivity index (χ0n) is 14.0. The summed E-state index contributed by atoms with van der Waals surface area (Å²) in [5.74, 6) is 1.66. The molecule has 1 rings (SSSR count). The molecular formula is C17H34N2O. The van der Waals surface area contributed by atoms with E-state index >= 15 is 0 Å². The highest BCUT2D eigenvalue weighted by Gasteiger charge is 2.25. The van der Waals surface area contributed by atoms with Crippen molar-refractivity contribution < 1.29 is 4.79 Å². The summed E-state index contributed by atoms with van der Waals surface area (Å²) in [6, 6.07) is 0. The molecule has 1 aliphatic heterocycles. The molecule has 0 bridgehead atoms. The van der Waals surface area contributed by atoms with E-state index < -0.39 is 0 Å². The van der Waals surface area contributed by atoms with Gasteiger partial charge in [-0.2, -0.15) is 0 Å². The second kappa shape index (κ2) is 9.38. The maximum Gasteiger partial charge on any atom is 0.222 e. The first kappa shape index (κ1) is 17.5. The molecule has 1 saturated heterocycles. The van der Waals surface area contributed by atoms with E-state index in [1.165, 1.54) is 32.1 Å². The molecule has 0 N–H and O–H groups in total. The van der Waals surface area contributed by atoms with E-state index in [0.717, 1.165) is 32.5 Å². The van der Waals surface area contributed by atoms with Gasteiger partial charge in [-0.1, -0.05) is 33.1 Å². The monoisotopic (exact) mass is 282 g/mol. The number of unbranched alkanes of at least 4 members (excludes halogenated alkanes) is 1. The maximum atomic E-state index is 12.5. The average molecular weight is 282 g/mol. The summed E-state index contributed by atoms with van der Waals surface area (Å²) < 4.78 is 0. The highest BCUT2D eigenvalue weighted by molar-refractivity contribution is 5.76. The van der Waals surface area contributed by atoms with Crippen molar-refractivity contribution in [1.82, 2.24) is 9.80 Å². The highest BCUT2D eigenvalue weighted by atomic mass is 16.2. The Labute approximate surface area is 125 Å². The minimum Gasteiger partial charge on any atom is -0.342 e. The molecule has 20 heavy (non-hydrogen) atoms. The van der Waals surface area contributed by atoms with Gasteiger partial charge in [0, 0.05) is 26.1 Å². The molecule has 0 aromatic carbocycles. The van der Waals surface area contributed by atoms with Crippen LogP contribution in [0.4, 0.5) is 0 Å². The molecule has 1 fully saturated rings. The van der Waals surface area contributed by atoms with Gasteiger partial charge in [0.05, 0.1) is 0 Å². The zero-order chi connectivity index (χ0) is 15.0. The third-order valence-electron chi connectivity index (χ3n) is 4.50. The average Bonchev–Trinajstić information content (AvgIpc) is 2.42. The van der Waals surface area contributed by atoms with Crippen LogP contribution in [-0.4, -0.2) is 49.4 Å². The Morgan fingerprint density at radius 2 is 2.10 bits per heavy atom. The number of carbonyl (C=O) groups excluding carboxylic acids is 1. The number of likely N-dealkylation sites (tertiary alicyclic amines) is 1. The van der Waals surface area contributed by atoms with Crippen LogP contribution in [0.25, 0.3) is 0 Å². The van der Waals surface area contributed by atoms with Crippen LogP contribution in [0.5, 0.6) is 0 Å². The van der Waals surface area contributed by atoms with Crippen LogP contribution in [0.1, 0.15) is 58.8 Å². The number of piperidine rings is 1. The summed E-state index contributed by atoms with van der Waals surface area (Å²) in [6.07, 6.45) is 8.07. The standard InChI is InChI=1S/C17H34N2O/c1-5-7-9-15(6-2)12-17(20)19-11-8-10-16(14-19)13-18(3)4/h15-16H,5-14H2,1-4H3. The largest absolute Gasteiger partial charge is 0.342 e. The molecule has 0 saturated carbocycles. The Hall–Kier alpha value is -0.570. The Morgan fingerprint density at radius 3 is 2.70 bits per heavy atom. The number of carbonyl (C=O) groups is 1. The van der Waals surface area contributed by atoms with E-state index in [0.29, 0.717) is 17.7 Å². The van der Waals surface area contributed by atoms with Crippen molar-refractivity contribution >= 4 is 5.91 Å². The summed E-state index contributed by atoms with van der Waals surface area (Å²) in [7, 11) is 4.25. The number of hydrogen-bond acceptors (Lipinski definition) is 2. The van der Waals surface area contributed by atoms with Crippen molar-refractivity contribution in [2.24, 2.45) is 11.8 Å². The quantitative estimate of drug-likeness (QED) is 0.681. The molecule has 0 aliphatic carbocycles. The Morgan fingerprint density at radius 1 is 1.35 bits per heavy atom. The molecule has 118 valence electrons. The lowest BCUT2D eigenvalue weighted by atomic mass is 9.93. The van der Waals surface area contributed by atoms with Crippen molar-refractivity contribution in [3.05, 3.63) is 0 Å². The first-order valence-corrected chi connectivity index (χ1v) is 8.49. The van der Waals surface area contributed by atoms with E-state index in [4.69, 9.17) is 0 Å². The lowest BCUT2D eigenvalue weighted by molar-refractivity contribution is -0.134. The van der Waals surface area contributed by atoms with Crippen LogP contribution < -0.4 is 0 Å². The minimum absolute atomic E-state index is 0.399. The van der Waals surface area contributed by atoms with Gasteiger partial charge in [0.25, 0.3) is 0 Å². The number of rotatable bonds is 8. The fraction of sp³-hybridized carbons (Fsp3) is 0.941. The van der Waals surface area contributed by atoms with Gasteiger partial charge in [-0.25, -0.2) is 0 Å². The number of amides is 1. The summed E-state index contributed by atoms with van der Waals surface area (Å²) in [4.78, 5) is 16.9. The van der Waals surface area contributed by atoms with Crippen molar-refractivity contribution in [1.29, 1.82) is 0 Å². The Bertz CT molecular complexity index is 278. The topological polar surface area (TPSA) is 23.6 Å². The van der Waals surface area contributed by atoms with Gasteiger partial charge in [-0.15, -0.1) is 0 Å². The van der Waals surface area contributed by atoms with E-state index in [1.54, 1.807) is 0 Å². The third-order valence-corrected chi connectivity index (χ3v) is 4.50. The smallest absolute Gasteiger partial charge is 0.222 e. The second-order valence-corrected chi connectivity index (χ2v) is 6.73. The van der Waals surface area contributed by atoms with E-state index in [2.05, 4.69) is 37.7 Å². The first-order valence-electron chi connectivity index (χ1n) is 8.49. The molecule has 3 nitrogen and oxygen atoms in total. The van der Waals surface area contributed by atoms with Crippen LogP contribution in [0.3, 0.4) is 0 Å². The fourth-order valence-corrected chi connectivity index (χ4v) is 3.28. The molecule has 2 atom stereocenters. The molecule has 1 heterocycles. The van der Waals surface area contributed by atoms with Crippen LogP contribution in [0.15, 0.2) is 0 Å². The van der Waals surface area contributed by atoms with Crippen LogP contribution in [0.2, 0.25) is 0 Å². The molecule has 2 unspecified atom stereocenters. The highest BCUT2D eigenvalue weighted by Crippen LogP contribution is 2.22. The van der Waals surface area contributed by atoms with Crippen LogP contribution in [-0.2, 0) is 4.79 Å². The van der Waals surface area contributed by atoms with Gasteiger partial charge < -0.3 is 9.80 Å². The zero-order valence-corrected chi connectivity index (χ0v) is 14.0. The predicted molar refractivity (Wildman–Crippen MR) is 85.8 cm³/mol. The first-order chi connectivity index (χ1) is 9.56. The Balaban J connectivity index is 2.41. The normalized spacial score (nSPS) is 21.2. The van der Waals surface area contributed by atoms with Gasteiger partial charge in [-0.3, -0.25) is 4.79 Å². The van der Waals surface area contributed by atoms with E-state index in [1.807, 2.05) is 0 Å². The lowest BCUT2D eigenvalue weighted by Gasteiger charge is -2.34. The van der Waals surface area contributed by atoms with E-state index in [9.17, 15) is 4.79 Å². The minimum atomic E-state index is 0.399. The second-order valence-electron chi connectivity index (χ2n) is 6.73. The molecule has 3 heteroatoms. The molecule has 0 radical (unpaired) electrons. The van der Waals surface area contributed by atoms with Crippen LogP contribution >= 0.6 is 0 Å². The van der Waals surface area contributed by atoms with Gasteiger partial charge in [-0.05, 0) is 45.2 Å².